The highest BCUT2D eigenvalue weighted by molar-refractivity contribution is 7.17. The molecule has 2 atom stereocenters. The fraction of sp³-hybridized carbons (Fsp3) is 0.667. The lowest BCUT2D eigenvalue weighted by Crippen LogP contribution is -2.33. The van der Waals surface area contributed by atoms with Crippen molar-refractivity contribution in [2.24, 2.45) is 5.73 Å². The average molecular weight is 341 g/mol. The zero-order chi connectivity index (χ0) is 13.1. The molecule has 1 aliphatic rings. The van der Waals surface area contributed by atoms with Crippen LogP contribution in [0.2, 0.25) is 0 Å². The molecule has 0 radical (unpaired) electrons. The van der Waals surface area contributed by atoms with Gasteiger partial charge in [-0.3, -0.25) is 4.79 Å². The summed E-state index contributed by atoms with van der Waals surface area (Å²) >= 11 is 1.41. The molecule has 1 aromatic heterocycles. The van der Waals surface area contributed by atoms with Crippen LogP contribution in [0, 0.1) is 6.92 Å². The quantitative estimate of drug-likeness (QED) is 0.785. The monoisotopic (exact) mass is 340 g/mol. The Morgan fingerprint density at radius 2 is 2.15 bits per heavy atom. The molecule has 0 aliphatic heterocycles. The van der Waals surface area contributed by atoms with Crippen LogP contribution < -0.4 is 16.4 Å². The van der Waals surface area contributed by atoms with Crippen molar-refractivity contribution in [2.75, 3.05) is 11.9 Å². The first-order valence-corrected chi connectivity index (χ1v) is 7.19. The molecule has 0 spiro atoms. The van der Waals surface area contributed by atoms with Crippen molar-refractivity contribution in [1.29, 1.82) is 0 Å². The van der Waals surface area contributed by atoms with E-state index in [0.717, 1.165) is 36.6 Å². The van der Waals surface area contributed by atoms with Gasteiger partial charge in [-0.2, -0.15) is 0 Å². The van der Waals surface area contributed by atoms with Crippen molar-refractivity contribution in [3.05, 3.63) is 10.6 Å². The highest BCUT2D eigenvalue weighted by atomic mass is 35.5. The minimum atomic E-state index is -0.0201. The number of aromatic nitrogens is 1. The number of hydrogen-bond acceptors (Lipinski definition) is 5. The van der Waals surface area contributed by atoms with Crippen LogP contribution >= 0.6 is 36.2 Å². The molecule has 1 aromatic rings. The van der Waals surface area contributed by atoms with E-state index in [2.05, 4.69) is 15.6 Å². The molecule has 1 fully saturated rings. The number of anilines is 1. The van der Waals surface area contributed by atoms with Gasteiger partial charge in [0.25, 0.3) is 5.91 Å². The summed E-state index contributed by atoms with van der Waals surface area (Å²) in [5.74, 6) is -0.0201. The van der Waals surface area contributed by atoms with Gasteiger partial charge in [-0.1, -0.05) is 11.3 Å². The highest BCUT2D eigenvalue weighted by Gasteiger charge is 2.25. The second-order valence-corrected chi connectivity index (χ2v) is 5.71. The molecule has 5 nitrogen and oxygen atoms in total. The van der Waals surface area contributed by atoms with E-state index in [-0.39, 0.29) is 42.8 Å². The van der Waals surface area contributed by atoms with E-state index in [0.29, 0.717) is 4.88 Å². The standard InChI is InChI=1S/C12H20N4OS.2ClH/c1-3-14-12-15-7(2)10(18-12)11(17)16-9-5-4-8(13)6-9;;/h8-9H,3-6,13H2,1-2H3,(H,14,15)(H,16,17);2*1H/t8-,9-;;/m1../s1. The molecule has 0 aromatic carbocycles. The molecule has 0 saturated heterocycles. The summed E-state index contributed by atoms with van der Waals surface area (Å²) in [6.07, 6.45) is 2.85. The fourth-order valence-corrected chi connectivity index (χ4v) is 3.17. The van der Waals surface area contributed by atoms with Crippen LogP contribution in [0.3, 0.4) is 0 Å². The number of nitrogens with zero attached hydrogens (tertiary/aromatic N) is 1. The Morgan fingerprint density at radius 3 is 2.70 bits per heavy atom. The van der Waals surface area contributed by atoms with Gasteiger partial charge >= 0.3 is 0 Å². The van der Waals surface area contributed by atoms with Gasteiger partial charge in [-0.05, 0) is 33.1 Å². The Labute approximate surface area is 135 Å². The molecule has 1 heterocycles. The van der Waals surface area contributed by atoms with Gasteiger partial charge < -0.3 is 16.4 Å². The summed E-state index contributed by atoms with van der Waals surface area (Å²) in [5, 5.41) is 6.99. The molecule has 0 bridgehead atoms. The first-order valence-electron chi connectivity index (χ1n) is 6.38. The SMILES string of the molecule is CCNc1nc(C)c(C(=O)N[C@@H]2CC[C@@H](N)C2)s1.Cl.Cl. The summed E-state index contributed by atoms with van der Waals surface area (Å²) in [5.41, 5.74) is 6.63. The predicted octanol–water partition coefficient (Wildman–Crippen LogP) is 2.34. The van der Waals surface area contributed by atoms with E-state index in [9.17, 15) is 4.79 Å². The number of halogens is 2. The topological polar surface area (TPSA) is 80.0 Å². The molecule has 1 aliphatic carbocycles. The van der Waals surface area contributed by atoms with E-state index in [1.165, 1.54) is 11.3 Å². The second-order valence-electron chi connectivity index (χ2n) is 4.71. The van der Waals surface area contributed by atoms with Gasteiger partial charge in [0.1, 0.15) is 4.88 Å². The smallest absolute Gasteiger partial charge is 0.263 e. The van der Waals surface area contributed by atoms with Crippen molar-refractivity contribution in [3.63, 3.8) is 0 Å². The molecule has 116 valence electrons. The van der Waals surface area contributed by atoms with Crippen molar-refractivity contribution >= 4 is 47.2 Å². The number of nitrogens with one attached hydrogen (secondary N) is 2. The third kappa shape index (κ3) is 4.77. The number of hydrogen-bond donors (Lipinski definition) is 3. The number of rotatable bonds is 4. The second kappa shape index (κ2) is 8.67. The molecule has 0 unspecified atom stereocenters. The van der Waals surface area contributed by atoms with Gasteiger partial charge in [-0.25, -0.2) is 4.98 Å². The van der Waals surface area contributed by atoms with Crippen molar-refractivity contribution < 1.29 is 4.79 Å². The Kier molecular flexibility index (Phi) is 8.42. The summed E-state index contributed by atoms with van der Waals surface area (Å²) in [6.45, 7) is 4.69. The lowest BCUT2D eigenvalue weighted by atomic mass is 10.2. The summed E-state index contributed by atoms with van der Waals surface area (Å²) < 4.78 is 0. The maximum absolute atomic E-state index is 12.1. The van der Waals surface area contributed by atoms with Crippen LogP contribution in [0.25, 0.3) is 0 Å². The molecule has 1 saturated carbocycles. The molecule has 20 heavy (non-hydrogen) atoms. The zero-order valence-corrected chi connectivity index (χ0v) is 14.1. The minimum Gasteiger partial charge on any atom is -0.362 e. The Morgan fingerprint density at radius 1 is 1.45 bits per heavy atom. The van der Waals surface area contributed by atoms with Gasteiger partial charge in [-0.15, -0.1) is 24.8 Å². The first kappa shape index (κ1) is 19.4. The maximum atomic E-state index is 12.1. The van der Waals surface area contributed by atoms with Crippen LogP contribution in [0.15, 0.2) is 0 Å². The summed E-state index contributed by atoms with van der Waals surface area (Å²) in [7, 11) is 0. The van der Waals surface area contributed by atoms with Crippen LogP contribution in [0.5, 0.6) is 0 Å². The minimum absolute atomic E-state index is 0. The van der Waals surface area contributed by atoms with E-state index >= 15 is 0 Å². The molecular formula is C12H22Cl2N4OS. The molecule has 1 amide bonds. The van der Waals surface area contributed by atoms with Gasteiger partial charge in [0.2, 0.25) is 0 Å². The van der Waals surface area contributed by atoms with Crippen molar-refractivity contribution in [2.45, 2.75) is 45.2 Å². The normalized spacial score (nSPS) is 20.8. The van der Waals surface area contributed by atoms with Crippen molar-refractivity contribution in [3.8, 4) is 0 Å². The summed E-state index contributed by atoms with van der Waals surface area (Å²) in [4.78, 5) is 17.2. The van der Waals surface area contributed by atoms with Crippen LogP contribution in [0.1, 0.15) is 41.6 Å². The third-order valence-electron chi connectivity index (χ3n) is 3.14. The lowest BCUT2D eigenvalue weighted by molar-refractivity contribution is 0.0941. The van der Waals surface area contributed by atoms with Gasteiger partial charge in [0.15, 0.2) is 5.13 Å². The molecule has 2 rings (SSSR count). The van der Waals surface area contributed by atoms with Crippen LogP contribution in [-0.2, 0) is 0 Å². The summed E-state index contributed by atoms with van der Waals surface area (Å²) in [6, 6.07) is 0.451. The Bertz CT molecular complexity index is 441. The van der Waals surface area contributed by atoms with Crippen LogP contribution in [0.4, 0.5) is 5.13 Å². The first-order chi connectivity index (χ1) is 8.60. The number of aryl methyl sites for hydroxylation is 1. The third-order valence-corrected chi connectivity index (χ3v) is 4.25. The Balaban J connectivity index is 0.00000180. The van der Waals surface area contributed by atoms with E-state index < -0.39 is 0 Å². The van der Waals surface area contributed by atoms with E-state index in [1.807, 2.05) is 13.8 Å². The van der Waals surface area contributed by atoms with Gasteiger partial charge in [0, 0.05) is 18.6 Å². The highest BCUT2D eigenvalue weighted by Crippen LogP contribution is 2.23. The van der Waals surface area contributed by atoms with Crippen molar-refractivity contribution in [1.82, 2.24) is 10.3 Å². The fourth-order valence-electron chi connectivity index (χ4n) is 2.23. The van der Waals surface area contributed by atoms with E-state index in [1.54, 1.807) is 0 Å². The number of carbonyl (C=O) groups excluding carboxylic acids is 1. The predicted molar refractivity (Wildman–Crippen MR) is 88.6 cm³/mol. The van der Waals surface area contributed by atoms with Gasteiger partial charge in [0.05, 0.1) is 5.69 Å². The molecular weight excluding hydrogens is 319 g/mol. The molecule has 8 heteroatoms. The largest absolute Gasteiger partial charge is 0.362 e. The maximum Gasteiger partial charge on any atom is 0.263 e. The number of carbonyl (C=O) groups is 1. The number of nitrogens with two attached hydrogens (primary N) is 1. The molecule has 4 N–H and O–H groups in total. The van der Waals surface area contributed by atoms with E-state index in [4.69, 9.17) is 5.73 Å². The Hall–Kier alpha value is -0.560. The zero-order valence-electron chi connectivity index (χ0n) is 11.6. The average Bonchev–Trinajstić information content (AvgIpc) is 2.86. The van der Waals surface area contributed by atoms with Crippen LogP contribution in [-0.4, -0.2) is 29.5 Å². The number of amides is 1. The lowest BCUT2D eigenvalue weighted by Gasteiger charge is -2.11. The number of thiazole rings is 1.